The average Bonchev–Trinajstić information content (AvgIpc) is 2.38. The number of nitrogens with zero attached hydrogens (tertiary/aromatic N) is 1. The molecule has 1 aromatic carbocycles. The maximum absolute atomic E-state index is 11.6. The summed E-state index contributed by atoms with van der Waals surface area (Å²) >= 11 is 0. The van der Waals surface area contributed by atoms with E-state index in [1.807, 2.05) is 12.1 Å². The first-order chi connectivity index (χ1) is 9.88. The number of hydrogen-bond acceptors (Lipinski definition) is 3. The fourth-order valence-electron chi connectivity index (χ4n) is 2.14. The van der Waals surface area contributed by atoms with Crippen LogP contribution in [0.4, 0.5) is 11.6 Å². The summed E-state index contributed by atoms with van der Waals surface area (Å²) in [4.78, 5) is 18.8. The van der Waals surface area contributed by atoms with Gasteiger partial charge in [0, 0.05) is 17.4 Å². The Morgan fingerprint density at radius 2 is 1.86 bits per heavy atom. The summed E-state index contributed by atoms with van der Waals surface area (Å²) in [6.45, 7) is 8.62. The number of nitrogens with one attached hydrogen (secondary N) is 2. The SMILES string of the molecule is CCCc1cc(=O)[nH]c(Nc2ccc(C(C)(C)C)cc2)n1. The standard InChI is InChI=1S/C17H23N3O/c1-5-6-14-11-15(21)20-16(19-14)18-13-9-7-12(8-10-13)17(2,3)4/h7-11H,5-6H2,1-4H3,(H2,18,19,20,21). The number of aromatic nitrogens is 2. The predicted octanol–water partition coefficient (Wildman–Crippen LogP) is 3.76. The highest BCUT2D eigenvalue weighted by atomic mass is 16.1. The van der Waals surface area contributed by atoms with Gasteiger partial charge < -0.3 is 5.32 Å². The van der Waals surface area contributed by atoms with Crippen molar-refractivity contribution in [1.29, 1.82) is 0 Å². The lowest BCUT2D eigenvalue weighted by atomic mass is 9.87. The van der Waals surface area contributed by atoms with Crippen LogP contribution in [0.5, 0.6) is 0 Å². The highest BCUT2D eigenvalue weighted by molar-refractivity contribution is 5.54. The monoisotopic (exact) mass is 285 g/mol. The van der Waals surface area contributed by atoms with Gasteiger partial charge in [-0.1, -0.05) is 46.2 Å². The maximum Gasteiger partial charge on any atom is 0.252 e. The van der Waals surface area contributed by atoms with E-state index in [-0.39, 0.29) is 11.0 Å². The van der Waals surface area contributed by atoms with Crippen molar-refractivity contribution in [1.82, 2.24) is 9.97 Å². The Labute approximate surface area is 125 Å². The van der Waals surface area contributed by atoms with E-state index in [1.54, 1.807) is 6.07 Å². The molecule has 112 valence electrons. The molecule has 0 fully saturated rings. The summed E-state index contributed by atoms with van der Waals surface area (Å²) in [7, 11) is 0. The van der Waals surface area contributed by atoms with Crippen molar-refractivity contribution in [2.45, 2.75) is 46.0 Å². The number of hydrogen-bond donors (Lipinski definition) is 2. The summed E-state index contributed by atoms with van der Waals surface area (Å²) in [5.41, 5.74) is 3.01. The minimum atomic E-state index is -0.123. The van der Waals surface area contributed by atoms with Crippen LogP contribution in [0.2, 0.25) is 0 Å². The molecule has 2 N–H and O–H groups in total. The van der Waals surface area contributed by atoms with Crippen molar-refractivity contribution in [3.05, 3.63) is 51.9 Å². The molecule has 0 bridgehead atoms. The number of aryl methyl sites for hydroxylation is 1. The number of aromatic amines is 1. The largest absolute Gasteiger partial charge is 0.326 e. The van der Waals surface area contributed by atoms with Crippen LogP contribution < -0.4 is 10.9 Å². The van der Waals surface area contributed by atoms with Crippen molar-refractivity contribution in [3.63, 3.8) is 0 Å². The van der Waals surface area contributed by atoms with Gasteiger partial charge in [-0.2, -0.15) is 0 Å². The highest BCUT2D eigenvalue weighted by Crippen LogP contribution is 2.24. The predicted molar refractivity (Wildman–Crippen MR) is 87.3 cm³/mol. The Morgan fingerprint density at radius 3 is 2.43 bits per heavy atom. The molecule has 0 atom stereocenters. The Hall–Kier alpha value is -2.10. The van der Waals surface area contributed by atoms with Crippen molar-refractivity contribution < 1.29 is 0 Å². The van der Waals surface area contributed by atoms with Crippen LogP contribution in [0, 0.1) is 0 Å². The van der Waals surface area contributed by atoms with E-state index in [9.17, 15) is 4.79 Å². The fourth-order valence-corrected chi connectivity index (χ4v) is 2.14. The van der Waals surface area contributed by atoms with Crippen LogP contribution in [-0.4, -0.2) is 9.97 Å². The van der Waals surface area contributed by atoms with Gasteiger partial charge in [0.1, 0.15) is 0 Å². The molecule has 21 heavy (non-hydrogen) atoms. The smallest absolute Gasteiger partial charge is 0.252 e. The molecule has 2 aromatic rings. The molecule has 0 radical (unpaired) electrons. The first-order valence-corrected chi connectivity index (χ1v) is 7.36. The van der Waals surface area contributed by atoms with Gasteiger partial charge in [0.2, 0.25) is 5.95 Å². The third kappa shape index (κ3) is 4.18. The Morgan fingerprint density at radius 1 is 1.19 bits per heavy atom. The van der Waals surface area contributed by atoms with E-state index >= 15 is 0 Å². The minimum Gasteiger partial charge on any atom is -0.326 e. The molecule has 0 aliphatic rings. The first kappa shape index (κ1) is 15.3. The van der Waals surface area contributed by atoms with Crippen LogP contribution in [0.1, 0.15) is 45.4 Å². The van der Waals surface area contributed by atoms with Gasteiger partial charge in [0.05, 0.1) is 0 Å². The number of H-pyrrole nitrogens is 1. The van der Waals surface area contributed by atoms with E-state index < -0.39 is 0 Å². The highest BCUT2D eigenvalue weighted by Gasteiger charge is 2.12. The lowest BCUT2D eigenvalue weighted by Crippen LogP contribution is -2.13. The number of benzene rings is 1. The molecule has 4 nitrogen and oxygen atoms in total. The molecule has 0 unspecified atom stereocenters. The second-order valence-electron chi connectivity index (χ2n) is 6.29. The lowest BCUT2D eigenvalue weighted by molar-refractivity contribution is 0.590. The molecule has 0 aliphatic carbocycles. The molecule has 1 heterocycles. The quantitative estimate of drug-likeness (QED) is 0.899. The molecular weight excluding hydrogens is 262 g/mol. The van der Waals surface area contributed by atoms with Crippen LogP contribution in [0.3, 0.4) is 0 Å². The molecule has 0 amide bonds. The van der Waals surface area contributed by atoms with E-state index in [0.29, 0.717) is 5.95 Å². The van der Waals surface area contributed by atoms with Gasteiger partial charge in [-0.25, -0.2) is 4.98 Å². The molecule has 0 saturated carbocycles. The van der Waals surface area contributed by atoms with Crippen LogP contribution in [-0.2, 0) is 11.8 Å². The van der Waals surface area contributed by atoms with Gasteiger partial charge in [0.15, 0.2) is 0 Å². The Kier molecular flexibility index (Phi) is 4.46. The van der Waals surface area contributed by atoms with Crippen LogP contribution in [0.15, 0.2) is 35.1 Å². The van der Waals surface area contributed by atoms with Gasteiger partial charge in [-0.05, 0) is 29.5 Å². The fraction of sp³-hybridized carbons (Fsp3) is 0.412. The van der Waals surface area contributed by atoms with Crippen molar-refractivity contribution in [2.75, 3.05) is 5.32 Å². The third-order valence-corrected chi connectivity index (χ3v) is 3.31. The summed E-state index contributed by atoms with van der Waals surface area (Å²) in [5, 5.41) is 3.16. The molecule has 1 aromatic heterocycles. The summed E-state index contributed by atoms with van der Waals surface area (Å²) < 4.78 is 0. The van der Waals surface area contributed by atoms with Gasteiger partial charge in [-0.3, -0.25) is 9.78 Å². The number of anilines is 2. The molecule has 2 rings (SSSR count). The van der Waals surface area contributed by atoms with E-state index in [0.717, 1.165) is 24.2 Å². The minimum absolute atomic E-state index is 0.123. The maximum atomic E-state index is 11.6. The zero-order valence-corrected chi connectivity index (χ0v) is 13.2. The lowest BCUT2D eigenvalue weighted by Gasteiger charge is -2.19. The average molecular weight is 285 g/mol. The number of rotatable bonds is 4. The second kappa shape index (κ2) is 6.12. The van der Waals surface area contributed by atoms with Gasteiger partial charge in [-0.15, -0.1) is 0 Å². The first-order valence-electron chi connectivity index (χ1n) is 7.36. The third-order valence-electron chi connectivity index (χ3n) is 3.31. The normalized spacial score (nSPS) is 11.4. The van der Waals surface area contributed by atoms with Crippen LogP contribution in [0.25, 0.3) is 0 Å². The van der Waals surface area contributed by atoms with E-state index in [2.05, 4.69) is 55.1 Å². The van der Waals surface area contributed by atoms with E-state index in [1.165, 1.54) is 5.56 Å². The summed E-state index contributed by atoms with van der Waals surface area (Å²) in [5.74, 6) is 0.495. The molecule has 0 saturated heterocycles. The topological polar surface area (TPSA) is 57.8 Å². The zero-order valence-electron chi connectivity index (χ0n) is 13.2. The molecular formula is C17H23N3O. The van der Waals surface area contributed by atoms with Crippen molar-refractivity contribution in [2.24, 2.45) is 0 Å². The van der Waals surface area contributed by atoms with Crippen molar-refractivity contribution in [3.8, 4) is 0 Å². The molecule has 0 aliphatic heterocycles. The Balaban J connectivity index is 2.20. The molecule has 0 spiro atoms. The summed E-state index contributed by atoms with van der Waals surface area (Å²) in [6.07, 6.45) is 1.78. The van der Waals surface area contributed by atoms with Gasteiger partial charge >= 0.3 is 0 Å². The van der Waals surface area contributed by atoms with E-state index in [4.69, 9.17) is 0 Å². The van der Waals surface area contributed by atoms with Gasteiger partial charge in [0.25, 0.3) is 5.56 Å². The van der Waals surface area contributed by atoms with Crippen molar-refractivity contribution >= 4 is 11.6 Å². The summed E-state index contributed by atoms with van der Waals surface area (Å²) in [6, 6.07) is 9.75. The van der Waals surface area contributed by atoms with Crippen LogP contribution >= 0.6 is 0 Å². The Bertz CT molecular complexity index is 651. The zero-order chi connectivity index (χ0) is 15.5. The second-order valence-corrected chi connectivity index (χ2v) is 6.29. The molecule has 4 heteroatoms.